The maximum Gasteiger partial charge on any atom is 0.250 e. The number of rotatable bonds is 6. The SMILES string of the molecule is COc1cc(OC)c(S(=O)(=O)N2CCCC2CN)c(OC)c1.Cl. The average molecular weight is 367 g/mol. The van der Waals surface area contributed by atoms with Crippen molar-refractivity contribution in [1.29, 1.82) is 0 Å². The highest BCUT2D eigenvalue weighted by Gasteiger charge is 2.38. The van der Waals surface area contributed by atoms with Crippen molar-refractivity contribution in [3.8, 4) is 17.2 Å². The molecule has 23 heavy (non-hydrogen) atoms. The fraction of sp³-hybridized carbons (Fsp3) is 0.571. The lowest BCUT2D eigenvalue weighted by Crippen LogP contribution is -2.40. The van der Waals surface area contributed by atoms with Gasteiger partial charge in [-0.3, -0.25) is 0 Å². The summed E-state index contributed by atoms with van der Waals surface area (Å²) in [6.45, 7) is 0.739. The van der Waals surface area contributed by atoms with Gasteiger partial charge in [0.2, 0.25) is 0 Å². The molecule has 9 heteroatoms. The summed E-state index contributed by atoms with van der Waals surface area (Å²) >= 11 is 0. The minimum absolute atomic E-state index is 0. The molecular formula is C14H23ClN2O5S. The number of hydrogen-bond donors (Lipinski definition) is 1. The second-order valence-electron chi connectivity index (χ2n) is 5.01. The number of sulfonamides is 1. The summed E-state index contributed by atoms with van der Waals surface area (Å²) in [5.74, 6) is 0.849. The van der Waals surface area contributed by atoms with Gasteiger partial charge in [0.25, 0.3) is 10.0 Å². The van der Waals surface area contributed by atoms with Gasteiger partial charge < -0.3 is 19.9 Å². The van der Waals surface area contributed by atoms with Gasteiger partial charge in [0, 0.05) is 31.3 Å². The predicted octanol–water partition coefficient (Wildman–Crippen LogP) is 1.25. The highest BCUT2D eigenvalue weighted by atomic mass is 35.5. The number of methoxy groups -OCH3 is 3. The van der Waals surface area contributed by atoms with E-state index < -0.39 is 10.0 Å². The zero-order valence-electron chi connectivity index (χ0n) is 13.4. The van der Waals surface area contributed by atoms with Gasteiger partial charge in [-0.2, -0.15) is 4.31 Å². The van der Waals surface area contributed by atoms with Crippen LogP contribution in [0, 0.1) is 0 Å². The summed E-state index contributed by atoms with van der Waals surface area (Å²) in [5, 5.41) is 0. The Morgan fingerprint density at radius 2 is 1.74 bits per heavy atom. The van der Waals surface area contributed by atoms with Crippen LogP contribution in [-0.4, -0.2) is 53.2 Å². The molecule has 1 aromatic rings. The molecule has 1 aliphatic heterocycles. The van der Waals surface area contributed by atoms with Crippen molar-refractivity contribution in [2.75, 3.05) is 34.4 Å². The Morgan fingerprint density at radius 1 is 1.17 bits per heavy atom. The first-order valence-corrected chi connectivity index (χ1v) is 8.45. The van der Waals surface area contributed by atoms with Crippen LogP contribution in [0.5, 0.6) is 17.2 Å². The third-order valence-electron chi connectivity index (χ3n) is 3.83. The summed E-state index contributed by atoms with van der Waals surface area (Å²) in [5.41, 5.74) is 5.70. The molecule has 1 atom stereocenters. The van der Waals surface area contributed by atoms with Crippen LogP contribution in [0.3, 0.4) is 0 Å². The number of halogens is 1. The van der Waals surface area contributed by atoms with Gasteiger partial charge in [-0.15, -0.1) is 12.4 Å². The molecule has 0 bridgehead atoms. The Labute approximate surface area is 143 Å². The highest BCUT2D eigenvalue weighted by molar-refractivity contribution is 7.89. The molecule has 1 fully saturated rings. The Kier molecular flexibility index (Phi) is 6.94. The molecule has 1 unspecified atom stereocenters. The summed E-state index contributed by atoms with van der Waals surface area (Å²) < 4.78 is 43.1. The Hall–Kier alpha value is -1.22. The zero-order valence-corrected chi connectivity index (χ0v) is 15.1. The van der Waals surface area contributed by atoms with Gasteiger partial charge in [0.15, 0.2) is 4.90 Å². The zero-order chi connectivity index (χ0) is 16.3. The summed E-state index contributed by atoms with van der Waals surface area (Å²) in [6, 6.07) is 2.87. The number of benzene rings is 1. The Bertz CT molecular complexity index is 613. The molecule has 1 aromatic carbocycles. The average Bonchev–Trinajstić information content (AvgIpc) is 3.02. The first-order chi connectivity index (χ1) is 10.5. The third-order valence-corrected chi connectivity index (χ3v) is 5.85. The Balaban J connectivity index is 0.00000264. The predicted molar refractivity (Wildman–Crippen MR) is 89.3 cm³/mol. The first-order valence-electron chi connectivity index (χ1n) is 7.01. The normalized spacial score (nSPS) is 18.3. The van der Waals surface area contributed by atoms with Crippen molar-refractivity contribution >= 4 is 22.4 Å². The lowest BCUT2D eigenvalue weighted by atomic mass is 10.2. The van der Waals surface area contributed by atoms with Gasteiger partial charge in [-0.25, -0.2) is 8.42 Å². The van der Waals surface area contributed by atoms with Gasteiger partial charge in [-0.1, -0.05) is 0 Å². The van der Waals surface area contributed by atoms with Crippen molar-refractivity contribution in [2.24, 2.45) is 5.73 Å². The van der Waals surface area contributed by atoms with Crippen LogP contribution in [0.4, 0.5) is 0 Å². The standard InChI is InChI=1S/C14H22N2O5S.ClH/c1-19-11-7-12(20-2)14(13(8-11)21-3)22(17,18)16-6-4-5-10(16)9-15;/h7-8,10H,4-6,9,15H2,1-3H3;1H. The van der Waals surface area contributed by atoms with E-state index in [0.29, 0.717) is 18.8 Å². The number of hydrogen-bond acceptors (Lipinski definition) is 6. The molecule has 2 rings (SSSR count). The van der Waals surface area contributed by atoms with E-state index in [0.717, 1.165) is 12.8 Å². The second kappa shape index (κ2) is 8.05. The van der Waals surface area contributed by atoms with Crippen molar-refractivity contribution in [3.05, 3.63) is 12.1 Å². The van der Waals surface area contributed by atoms with Crippen LogP contribution in [0.2, 0.25) is 0 Å². The first kappa shape index (κ1) is 19.8. The maximum atomic E-state index is 13.0. The highest BCUT2D eigenvalue weighted by Crippen LogP contribution is 2.40. The molecule has 0 aliphatic carbocycles. The van der Waals surface area contributed by atoms with E-state index in [2.05, 4.69) is 0 Å². The molecule has 1 saturated heterocycles. The molecule has 1 heterocycles. The van der Waals surface area contributed by atoms with Gasteiger partial charge in [0.05, 0.1) is 21.3 Å². The van der Waals surface area contributed by atoms with E-state index in [4.69, 9.17) is 19.9 Å². The molecule has 0 radical (unpaired) electrons. The maximum absolute atomic E-state index is 13.0. The molecule has 0 saturated carbocycles. The summed E-state index contributed by atoms with van der Waals surface area (Å²) in [4.78, 5) is 0.0126. The topological polar surface area (TPSA) is 91.1 Å². The van der Waals surface area contributed by atoms with Crippen LogP contribution in [-0.2, 0) is 10.0 Å². The van der Waals surface area contributed by atoms with E-state index >= 15 is 0 Å². The van der Waals surface area contributed by atoms with Crippen LogP contribution in [0.25, 0.3) is 0 Å². The number of ether oxygens (including phenoxy) is 3. The second-order valence-corrected chi connectivity index (χ2v) is 6.84. The molecular weight excluding hydrogens is 344 g/mol. The number of nitrogens with two attached hydrogens (primary N) is 1. The van der Waals surface area contributed by atoms with Crippen molar-refractivity contribution in [3.63, 3.8) is 0 Å². The van der Waals surface area contributed by atoms with Crippen LogP contribution in [0.1, 0.15) is 12.8 Å². The molecule has 1 aliphatic rings. The van der Waals surface area contributed by atoms with Crippen LogP contribution in [0.15, 0.2) is 17.0 Å². The van der Waals surface area contributed by atoms with E-state index in [1.165, 1.54) is 37.8 Å². The largest absolute Gasteiger partial charge is 0.496 e. The molecule has 2 N–H and O–H groups in total. The quantitative estimate of drug-likeness (QED) is 0.814. The van der Waals surface area contributed by atoms with E-state index in [9.17, 15) is 8.42 Å². The van der Waals surface area contributed by atoms with Crippen molar-refractivity contribution in [2.45, 2.75) is 23.8 Å². The molecule has 132 valence electrons. The van der Waals surface area contributed by atoms with E-state index in [1.807, 2.05) is 0 Å². The lowest BCUT2D eigenvalue weighted by Gasteiger charge is -2.25. The molecule has 0 amide bonds. The molecule has 0 aromatic heterocycles. The molecule has 7 nitrogen and oxygen atoms in total. The van der Waals surface area contributed by atoms with Gasteiger partial charge >= 0.3 is 0 Å². The number of nitrogens with zero attached hydrogens (tertiary/aromatic N) is 1. The van der Waals surface area contributed by atoms with Crippen molar-refractivity contribution < 1.29 is 22.6 Å². The summed E-state index contributed by atoms with van der Waals surface area (Å²) in [6.07, 6.45) is 1.55. The Morgan fingerprint density at radius 3 is 2.17 bits per heavy atom. The van der Waals surface area contributed by atoms with E-state index in [1.54, 1.807) is 0 Å². The fourth-order valence-electron chi connectivity index (χ4n) is 2.71. The van der Waals surface area contributed by atoms with Crippen LogP contribution >= 0.6 is 12.4 Å². The molecule has 0 spiro atoms. The monoisotopic (exact) mass is 366 g/mol. The summed E-state index contributed by atoms with van der Waals surface area (Å²) in [7, 11) is 0.559. The van der Waals surface area contributed by atoms with Gasteiger partial charge in [-0.05, 0) is 12.8 Å². The third kappa shape index (κ3) is 3.65. The lowest BCUT2D eigenvalue weighted by molar-refractivity contribution is 0.349. The smallest absolute Gasteiger partial charge is 0.250 e. The van der Waals surface area contributed by atoms with Crippen molar-refractivity contribution in [1.82, 2.24) is 4.31 Å². The minimum atomic E-state index is -3.76. The van der Waals surface area contributed by atoms with Gasteiger partial charge in [0.1, 0.15) is 17.2 Å². The van der Waals surface area contributed by atoms with E-state index in [-0.39, 0.29) is 34.8 Å². The van der Waals surface area contributed by atoms with Crippen LogP contribution < -0.4 is 19.9 Å². The minimum Gasteiger partial charge on any atom is -0.496 e. The fourth-order valence-corrected chi connectivity index (χ4v) is 4.69.